The van der Waals surface area contributed by atoms with Gasteiger partial charge >= 0.3 is 6.03 Å². The minimum Gasteiger partial charge on any atom is -0.334 e. The normalized spacial score (nSPS) is 10.7. The second-order valence-electron chi connectivity index (χ2n) is 6.56. The van der Waals surface area contributed by atoms with Crippen LogP contribution < -0.4 is 10.6 Å². The smallest absolute Gasteiger partial charge is 0.321 e. The van der Waals surface area contributed by atoms with Gasteiger partial charge in [0, 0.05) is 12.2 Å². The number of rotatable bonds is 6. The van der Waals surface area contributed by atoms with Gasteiger partial charge in [-0.3, -0.25) is 14.7 Å². The predicted molar refractivity (Wildman–Crippen MR) is 119 cm³/mol. The number of carbonyl (C=O) groups excluding carboxylic acids is 2. The molecule has 6 nitrogen and oxygen atoms in total. The van der Waals surface area contributed by atoms with Gasteiger partial charge in [0.15, 0.2) is 5.16 Å². The van der Waals surface area contributed by atoms with Crippen molar-refractivity contribution in [1.82, 2.24) is 20.2 Å². The lowest BCUT2D eigenvalue weighted by Gasteiger charge is -2.09. The number of urea groups is 1. The summed E-state index contributed by atoms with van der Waals surface area (Å²) in [6, 6.07) is 26.7. The third kappa shape index (κ3) is 4.69. The maximum absolute atomic E-state index is 12.3. The SMILES string of the molecule is O=C(CSc1nc2ccccc2n1-c1ccccc1)NC(=O)NCc1ccccc1. The van der Waals surface area contributed by atoms with Crippen molar-refractivity contribution in [3.05, 3.63) is 90.5 Å². The summed E-state index contributed by atoms with van der Waals surface area (Å²) in [5.41, 5.74) is 3.75. The van der Waals surface area contributed by atoms with Crippen molar-refractivity contribution in [1.29, 1.82) is 0 Å². The van der Waals surface area contributed by atoms with Gasteiger partial charge < -0.3 is 5.32 Å². The van der Waals surface area contributed by atoms with Crippen LogP contribution >= 0.6 is 11.8 Å². The van der Waals surface area contributed by atoms with Gasteiger partial charge in [0.2, 0.25) is 5.91 Å². The van der Waals surface area contributed by atoms with Crippen LogP contribution in [-0.2, 0) is 11.3 Å². The largest absolute Gasteiger partial charge is 0.334 e. The average molecular weight is 417 g/mol. The van der Waals surface area contributed by atoms with Gasteiger partial charge in [-0.1, -0.05) is 72.4 Å². The highest BCUT2D eigenvalue weighted by atomic mass is 32.2. The summed E-state index contributed by atoms with van der Waals surface area (Å²) < 4.78 is 2.02. The van der Waals surface area contributed by atoms with Gasteiger partial charge in [-0.25, -0.2) is 9.78 Å². The number of nitrogens with zero attached hydrogens (tertiary/aromatic N) is 2. The zero-order valence-corrected chi connectivity index (χ0v) is 16.9. The molecular weight excluding hydrogens is 396 g/mol. The van der Waals surface area contributed by atoms with Crippen molar-refractivity contribution >= 4 is 34.7 Å². The Morgan fingerprint density at radius 1 is 0.867 bits per heavy atom. The van der Waals surface area contributed by atoms with Gasteiger partial charge in [-0.15, -0.1) is 0 Å². The van der Waals surface area contributed by atoms with Crippen molar-refractivity contribution < 1.29 is 9.59 Å². The molecule has 0 atom stereocenters. The number of carbonyl (C=O) groups is 2. The molecule has 0 unspecified atom stereocenters. The van der Waals surface area contributed by atoms with E-state index in [2.05, 4.69) is 15.6 Å². The van der Waals surface area contributed by atoms with E-state index in [0.29, 0.717) is 11.7 Å². The Kier molecular flexibility index (Phi) is 6.10. The molecule has 3 amide bonds. The zero-order chi connectivity index (χ0) is 20.8. The van der Waals surface area contributed by atoms with E-state index in [4.69, 9.17) is 0 Å². The molecule has 0 fully saturated rings. The topological polar surface area (TPSA) is 76.0 Å². The molecule has 0 spiro atoms. The number of para-hydroxylation sites is 3. The van der Waals surface area contributed by atoms with Crippen molar-refractivity contribution in [2.75, 3.05) is 5.75 Å². The number of amides is 3. The summed E-state index contributed by atoms with van der Waals surface area (Å²) in [6.45, 7) is 0.358. The maximum Gasteiger partial charge on any atom is 0.321 e. The number of hydrogen-bond donors (Lipinski definition) is 2. The third-order valence-corrected chi connectivity index (χ3v) is 5.36. The highest BCUT2D eigenvalue weighted by Gasteiger charge is 2.15. The molecule has 1 heterocycles. The van der Waals surface area contributed by atoms with E-state index >= 15 is 0 Å². The Balaban J connectivity index is 1.41. The van der Waals surface area contributed by atoms with E-state index in [9.17, 15) is 9.59 Å². The van der Waals surface area contributed by atoms with E-state index in [-0.39, 0.29) is 11.7 Å². The standard InChI is InChI=1S/C23H20N4O2S/c28-21(26-22(29)24-15-17-9-3-1-4-10-17)16-30-23-25-19-13-7-8-14-20(19)27(23)18-11-5-2-6-12-18/h1-14H,15-16H2,(H2,24,26,28,29). The van der Waals surface area contributed by atoms with Gasteiger partial charge in [0.05, 0.1) is 16.8 Å². The Hall–Kier alpha value is -3.58. The fourth-order valence-corrected chi connectivity index (χ4v) is 3.87. The van der Waals surface area contributed by atoms with Crippen molar-refractivity contribution in [2.45, 2.75) is 11.7 Å². The number of aromatic nitrogens is 2. The molecule has 0 saturated carbocycles. The fraction of sp³-hybridized carbons (Fsp3) is 0.0870. The molecule has 30 heavy (non-hydrogen) atoms. The third-order valence-electron chi connectivity index (χ3n) is 4.43. The monoisotopic (exact) mass is 416 g/mol. The summed E-state index contributed by atoms with van der Waals surface area (Å²) in [6.07, 6.45) is 0. The minimum absolute atomic E-state index is 0.0783. The number of thioether (sulfide) groups is 1. The van der Waals surface area contributed by atoms with Gasteiger partial charge in [-0.2, -0.15) is 0 Å². The van der Waals surface area contributed by atoms with E-state index < -0.39 is 6.03 Å². The Morgan fingerprint density at radius 2 is 1.53 bits per heavy atom. The summed E-state index contributed by atoms with van der Waals surface area (Å²) in [5, 5.41) is 5.75. The first-order chi connectivity index (χ1) is 14.7. The van der Waals surface area contributed by atoms with Gasteiger partial charge in [0.25, 0.3) is 0 Å². The van der Waals surface area contributed by atoms with E-state index in [1.807, 2.05) is 89.5 Å². The summed E-state index contributed by atoms with van der Waals surface area (Å²) in [4.78, 5) is 28.9. The molecule has 0 bridgehead atoms. The van der Waals surface area contributed by atoms with Crippen LogP contribution in [0.25, 0.3) is 16.7 Å². The van der Waals surface area contributed by atoms with E-state index in [0.717, 1.165) is 22.3 Å². The molecule has 7 heteroatoms. The minimum atomic E-state index is -0.513. The van der Waals surface area contributed by atoms with Crippen LogP contribution in [0.2, 0.25) is 0 Å². The van der Waals surface area contributed by atoms with Crippen LogP contribution in [0.1, 0.15) is 5.56 Å². The molecule has 0 radical (unpaired) electrons. The number of imidazole rings is 1. The Morgan fingerprint density at radius 3 is 2.30 bits per heavy atom. The molecule has 4 rings (SSSR count). The maximum atomic E-state index is 12.3. The molecule has 0 aliphatic heterocycles. The fourth-order valence-electron chi connectivity index (χ4n) is 3.04. The molecule has 1 aromatic heterocycles. The van der Waals surface area contributed by atoms with Crippen LogP contribution in [0.3, 0.4) is 0 Å². The first-order valence-corrected chi connectivity index (χ1v) is 10.5. The number of benzene rings is 3. The number of hydrogen-bond acceptors (Lipinski definition) is 4. The summed E-state index contributed by atoms with van der Waals surface area (Å²) in [7, 11) is 0. The van der Waals surface area contributed by atoms with Crippen molar-refractivity contribution in [3.63, 3.8) is 0 Å². The first kappa shape index (κ1) is 19.7. The lowest BCUT2D eigenvalue weighted by molar-refractivity contribution is -0.117. The second kappa shape index (κ2) is 9.28. The van der Waals surface area contributed by atoms with Crippen LogP contribution in [0.15, 0.2) is 90.1 Å². The quantitative estimate of drug-likeness (QED) is 0.463. The van der Waals surface area contributed by atoms with Gasteiger partial charge in [0.1, 0.15) is 0 Å². The summed E-state index contributed by atoms with van der Waals surface area (Å²) >= 11 is 1.29. The highest BCUT2D eigenvalue weighted by molar-refractivity contribution is 7.99. The van der Waals surface area contributed by atoms with E-state index in [1.54, 1.807) is 0 Å². The molecule has 0 saturated heterocycles. The number of imide groups is 1. The Bertz CT molecular complexity index is 1160. The lowest BCUT2D eigenvalue weighted by atomic mass is 10.2. The molecule has 4 aromatic rings. The molecule has 0 aliphatic rings. The average Bonchev–Trinajstić information content (AvgIpc) is 3.16. The van der Waals surface area contributed by atoms with Crippen LogP contribution in [0.5, 0.6) is 0 Å². The van der Waals surface area contributed by atoms with Crippen molar-refractivity contribution in [2.24, 2.45) is 0 Å². The molecule has 3 aromatic carbocycles. The van der Waals surface area contributed by atoms with Gasteiger partial charge in [-0.05, 0) is 29.8 Å². The second-order valence-corrected chi connectivity index (χ2v) is 7.50. The molecular formula is C23H20N4O2S. The van der Waals surface area contributed by atoms with Crippen molar-refractivity contribution in [3.8, 4) is 5.69 Å². The van der Waals surface area contributed by atoms with Crippen LogP contribution in [0, 0.1) is 0 Å². The van der Waals surface area contributed by atoms with Crippen LogP contribution in [0.4, 0.5) is 4.79 Å². The predicted octanol–water partition coefficient (Wildman–Crippen LogP) is 4.14. The number of nitrogens with one attached hydrogen (secondary N) is 2. The Labute approximate surface area is 178 Å². The zero-order valence-electron chi connectivity index (χ0n) is 16.1. The first-order valence-electron chi connectivity index (χ1n) is 9.48. The molecule has 2 N–H and O–H groups in total. The molecule has 150 valence electrons. The van der Waals surface area contributed by atoms with E-state index in [1.165, 1.54) is 11.8 Å². The number of fused-ring (bicyclic) bond motifs is 1. The molecule has 0 aliphatic carbocycles. The van der Waals surface area contributed by atoms with Crippen LogP contribution in [-0.4, -0.2) is 27.2 Å². The highest BCUT2D eigenvalue weighted by Crippen LogP contribution is 2.27. The lowest BCUT2D eigenvalue weighted by Crippen LogP contribution is -2.39. The summed E-state index contributed by atoms with van der Waals surface area (Å²) in [5.74, 6) is -0.299.